The number of ether oxygens (including phenoxy) is 1. The molecular weight excluding hydrogens is 371 g/mol. The first-order valence-corrected chi connectivity index (χ1v) is 8.96. The fourth-order valence-corrected chi connectivity index (χ4v) is 3.10. The average molecular weight is 393 g/mol. The molecule has 2 aromatic rings. The van der Waals surface area contributed by atoms with Gasteiger partial charge in [-0.1, -0.05) is 12.1 Å². The van der Waals surface area contributed by atoms with E-state index in [9.17, 15) is 18.0 Å². The Labute approximate surface area is 161 Å². The zero-order valence-electron chi connectivity index (χ0n) is 15.7. The van der Waals surface area contributed by atoms with Crippen LogP contribution in [0.2, 0.25) is 0 Å². The first-order valence-electron chi connectivity index (χ1n) is 8.96. The number of carbonyl (C=O) groups is 1. The van der Waals surface area contributed by atoms with Gasteiger partial charge in [-0.25, -0.2) is 4.98 Å². The summed E-state index contributed by atoms with van der Waals surface area (Å²) < 4.78 is 45.0. The minimum Gasteiger partial charge on any atom is -0.472 e. The van der Waals surface area contributed by atoms with Gasteiger partial charge in [0, 0.05) is 19.3 Å². The summed E-state index contributed by atoms with van der Waals surface area (Å²) in [5.74, 6) is -0.0318. The summed E-state index contributed by atoms with van der Waals surface area (Å²) in [7, 11) is 3.88. The number of hydrogen-bond acceptors (Lipinski definition) is 4. The highest BCUT2D eigenvalue weighted by Crippen LogP contribution is 2.30. The Balaban J connectivity index is 1.87. The molecule has 8 heteroatoms. The molecule has 0 fully saturated rings. The Morgan fingerprint density at radius 3 is 2.75 bits per heavy atom. The lowest BCUT2D eigenvalue weighted by molar-refractivity contribution is -0.137. The molecule has 1 unspecified atom stereocenters. The second-order valence-corrected chi connectivity index (χ2v) is 7.07. The van der Waals surface area contributed by atoms with E-state index in [1.165, 1.54) is 11.0 Å². The van der Waals surface area contributed by atoms with Crippen molar-refractivity contribution in [2.45, 2.75) is 25.2 Å². The summed E-state index contributed by atoms with van der Waals surface area (Å²) in [6, 6.07) is 8.32. The van der Waals surface area contributed by atoms with Gasteiger partial charge in [0.25, 0.3) is 5.91 Å². The average Bonchev–Trinajstić information content (AvgIpc) is 2.77. The normalized spacial score (nSPS) is 17.3. The Morgan fingerprint density at radius 1 is 1.25 bits per heavy atom. The van der Waals surface area contributed by atoms with Gasteiger partial charge >= 0.3 is 6.18 Å². The first-order chi connectivity index (χ1) is 13.2. The number of amides is 1. The van der Waals surface area contributed by atoms with Crippen LogP contribution in [0, 0.1) is 0 Å². The number of carbonyl (C=O) groups excluding carboxylic acids is 1. The number of fused-ring (bicyclic) bond motifs is 1. The van der Waals surface area contributed by atoms with Crippen LogP contribution in [-0.4, -0.2) is 54.0 Å². The standard InChI is InChI=1S/C20H22F3N3O2/c1-25(2)10-8-16-13-26(19(27)17-7-4-9-24-18(17)28-16)12-14-5-3-6-15(11-14)20(21,22)23/h3-7,9,11,16H,8,10,12-13H2,1-2H3. The van der Waals surface area contributed by atoms with Crippen LogP contribution < -0.4 is 4.74 Å². The van der Waals surface area contributed by atoms with Crippen LogP contribution in [0.25, 0.3) is 0 Å². The molecule has 28 heavy (non-hydrogen) atoms. The predicted octanol–water partition coefficient (Wildman–Crippen LogP) is 3.46. The molecule has 0 bridgehead atoms. The van der Waals surface area contributed by atoms with Crippen molar-refractivity contribution in [3.63, 3.8) is 0 Å². The molecule has 3 rings (SSSR count). The monoisotopic (exact) mass is 393 g/mol. The van der Waals surface area contributed by atoms with E-state index >= 15 is 0 Å². The summed E-state index contributed by atoms with van der Waals surface area (Å²) in [5, 5.41) is 0. The fourth-order valence-electron chi connectivity index (χ4n) is 3.10. The predicted molar refractivity (Wildman–Crippen MR) is 98.0 cm³/mol. The van der Waals surface area contributed by atoms with Gasteiger partial charge < -0.3 is 14.5 Å². The molecule has 0 N–H and O–H groups in total. The third kappa shape index (κ3) is 4.81. The maximum atomic E-state index is 13.0. The smallest absolute Gasteiger partial charge is 0.416 e. The van der Waals surface area contributed by atoms with E-state index in [0.717, 1.165) is 18.7 Å². The summed E-state index contributed by atoms with van der Waals surface area (Å²) in [4.78, 5) is 20.7. The van der Waals surface area contributed by atoms with Gasteiger partial charge in [-0.3, -0.25) is 4.79 Å². The topological polar surface area (TPSA) is 45.7 Å². The molecule has 0 aliphatic carbocycles. The molecule has 0 saturated carbocycles. The number of nitrogens with zero attached hydrogens (tertiary/aromatic N) is 3. The molecule has 150 valence electrons. The number of alkyl halides is 3. The van der Waals surface area contributed by atoms with Crippen LogP contribution in [0.15, 0.2) is 42.6 Å². The van der Waals surface area contributed by atoms with Crippen LogP contribution in [0.5, 0.6) is 5.88 Å². The highest BCUT2D eigenvalue weighted by Gasteiger charge is 2.32. The van der Waals surface area contributed by atoms with Crippen molar-refractivity contribution < 1.29 is 22.7 Å². The first kappa shape index (κ1) is 20.1. The van der Waals surface area contributed by atoms with Gasteiger partial charge in [-0.05, 0) is 50.3 Å². The second kappa shape index (κ2) is 8.18. The number of aromatic nitrogens is 1. The lowest BCUT2D eigenvalue weighted by atomic mass is 10.1. The van der Waals surface area contributed by atoms with E-state index in [-0.39, 0.29) is 31.0 Å². The maximum Gasteiger partial charge on any atom is 0.416 e. The van der Waals surface area contributed by atoms with Gasteiger partial charge in [0.1, 0.15) is 11.7 Å². The van der Waals surface area contributed by atoms with Crippen LogP contribution in [0.1, 0.15) is 27.9 Å². The van der Waals surface area contributed by atoms with Crippen molar-refractivity contribution in [1.29, 1.82) is 0 Å². The van der Waals surface area contributed by atoms with Crippen LogP contribution >= 0.6 is 0 Å². The summed E-state index contributed by atoms with van der Waals surface area (Å²) in [6.45, 7) is 1.09. The highest BCUT2D eigenvalue weighted by atomic mass is 19.4. The minimum atomic E-state index is -4.42. The molecule has 5 nitrogen and oxygen atoms in total. The van der Waals surface area contributed by atoms with Crippen molar-refractivity contribution in [3.05, 3.63) is 59.3 Å². The Bertz CT molecular complexity index is 839. The maximum absolute atomic E-state index is 13.0. The van der Waals surface area contributed by atoms with Crippen LogP contribution in [0.3, 0.4) is 0 Å². The summed E-state index contributed by atoms with van der Waals surface area (Å²) in [6.07, 6.45) is -2.51. The molecule has 1 aliphatic rings. The lowest BCUT2D eigenvalue weighted by Gasteiger charge is -2.25. The molecule has 1 aromatic heterocycles. The van der Waals surface area contributed by atoms with Gasteiger partial charge in [0.05, 0.1) is 12.1 Å². The quantitative estimate of drug-likeness (QED) is 0.781. The number of pyridine rings is 1. The van der Waals surface area contributed by atoms with E-state index in [2.05, 4.69) is 4.98 Å². The van der Waals surface area contributed by atoms with Crippen LogP contribution in [0.4, 0.5) is 13.2 Å². The van der Waals surface area contributed by atoms with E-state index < -0.39 is 11.7 Å². The zero-order chi connectivity index (χ0) is 20.3. The van der Waals surface area contributed by atoms with Gasteiger partial charge in [0.2, 0.25) is 5.88 Å². The van der Waals surface area contributed by atoms with E-state index in [0.29, 0.717) is 17.5 Å². The number of benzene rings is 1. The Hall–Kier alpha value is -2.61. The Kier molecular flexibility index (Phi) is 5.88. The largest absolute Gasteiger partial charge is 0.472 e. The SMILES string of the molecule is CN(C)CCC1CN(Cc2cccc(C(F)(F)F)c2)C(=O)c2cccnc2O1. The van der Waals surface area contributed by atoms with Crippen molar-refractivity contribution in [1.82, 2.24) is 14.8 Å². The molecule has 0 saturated heterocycles. The third-order valence-electron chi connectivity index (χ3n) is 4.52. The summed E-state index contributed by atoms with van der Waals surface area (Å²) >= 11 is 0. The fraction of sp³-hybridized carbons (Fsp3) is 0.400. The van der Waals surface area contributed by atoms with Crippen molar-refractivity contribution in [3.8, 4) is 5.88 Å². The highest BCUT2D eigenvalue weighted by molar-refractivity contribution is 5.96. The molecule has 0 radical (unpaired) electrons. The van der Waals surface area contributed by atoms with E-state index in [1.54, 1.807) is 24.4 Å². The molecule has 1 aliphatic heterocycles. The molecule has 1 atom stereocenters. The summed E-state index contributed by atoms with van der Waals surface area (Å²) in [5.41, 5.74) is 0.0125. The molecule has 1 amide bonds. The zero-order valence-corrected chi connectivity index (χ0v) is 15.7. The molecule has 1 aromatic carbocycles. The van der Waals surface area contributed by atoms with Crippen molar-refractivity contribution in [2.24, 2.45) is 0 Å². The van der Waals surface area contributed by atoms with Crippen molar-refractivity contribution >= 4 is 5.91 Å². The van der Waals surface area contributed by atoms with E-state index in [4.69, 9.17) is 4.74 Å². The number of hydrogen-bond donors (Lipinski definition) is 0. The molecule has 0 spiro atoms. The van der Waals surface area contributed by atoms with Crippen LogP contribution in [-0.2, 0) is 12.7 Å². The molecular formula is C20H22F3N3O2. The third-order valence-corrected chi connectivity index (χ3v) is 4.52. The number of halogens is 3. The lowest BCUT2D eigenvalue weighted by Crippen LogP contribution is -2.38. The second-order valence-electron chi connectivity index (χ2n) is 7.07. The van der Waals surface area contributed by atoms with Crippen molar-refractivity contribution in [2.75, 3.05) is 27.2 Å². The Morgan fingerprint density at radius 2 is 2.04 bits per heavy atom. The van der Waals surface area contributed by atoms with Gasteiger partial charge in [0.15, 0.2) is 0 Å². The van der Waals surface area contributed by atoms with E-state index in [1.807, 2.05) is 19.0 Å². The number of rotatable bonds is 5. The minimum absolute atomic E-state index is 0.0684. The van der Waals surface area contributed by atoms with Gasteiger partial charge in [-0.2, -0.15) is 13.2 Å². The van der Waals surface area contributed by atoms with Gasteiger partial charge in [-0.15, -0.1) is 0 Å². The molecule has 2 heterocycles.